The predicted molar refractivity (Wildman–Crippen MR) is 174 cm³/mol. The number of hydrogen-bond acceptors (Lipinski definition) is 7. The van der Waals surface area contributed by atoms with Gasteiger partial charge in [-0.1, -0.05) is 19.9 Å². The summed E-state index contributed by atoms with van der Waals surface area (Å²) in [4.78, 5) is 43.2. The van der Waals surface area contributed by atoms with E-state index in [1.807, 2.05) is 13.2 Å². The summed E-state index contributed by atoms with van der Waals surface area (Å²) >= 11 is 1.56. The van der Waals surface area contributed by atoms with Crippen LogP contribution in [0.2, 0.25) is 0 Å². The summed E-state index contributed by atoms with van der Waals surface area (Å²) in [6, 6.07) is 9.55. The number of aromatic hydroxyl groups is 1. The van der Waals surface area contributed by atoms with Gasteiger partial charge in [-0.2, -0.15) is 11.8 Å². The van der Waals surface area contributed by atoms with Gasteiger partial charge in [0.05, 0.1) is 7.11 Å². The fraction of sp³-hybridized carbons (Fsp3) is 0.545. The van der Waals surface area contributed by atoms with E-state index in [2.05, 4.69) is 24.5 Å². The summed E-state index contributed by atoms with van der Waals surface area (Å²) in [6.07, 6.45) is 3.08. The molecule has 0 spiro atoms. The van der Waals surface area contributed by atoms with Crippen LogP contribution in [-0.2, 0) is 14.3 Å². The first kappa shape index (κ1) is 35.8. The Morgan fingerprint density at radius 2 is 1.65 bits per heavy atom. The van der Waals surface area contributed by atoms with E-state index in [1.54, 1.807) is 87.9 Å². The second-order valence-electron chi connectivity index (χ2n) is 12.2. The highest BCUT2D eigenvalue weighted by atomic mass is 32.2. The number of carbonyl (C=O) groups excluding carboxylic acids is 3. The molecule has 0 radical (unpaired) electrons. The molecule has 2 rings (SSSR count). The number of phenolic OH excluding ortho intramolecular Hbond substituents is 1. The minimum atomic E-state index is -1.05. The first-order chi connectivity index (χ1) is 20.2. The standard InChI is InChI=1S/C33H49N3O6S/c1-21(2)10-11-23(4)36(31(39)27(18-19-43-9)35-32(40)42-33(5,6)7)29(24-12-17-28(37)22(3)20-24)30(38)34-25-13-15-26(41-8)16-14-25/h12-17,20-21,23,27,29,37H,10-11,18-19H2,1-9H3,(H,34,38)(H,35,40). The molecule has 0 saturated heterocycles. The largest absolute Gasteiger partial charge is 0.508 e. The van der Waals surface area contributed by atoms with Gasteiger partial charge in [0.1, 0.15) is 29.2 Å². The number of methoxy groups -OCH3 is 1. The summed E-state index contributed by atoms with van der Waals surface area (Å²) in [5, 5.41) is 16.0. The minimum absolute atomic E-state index is 0.0910. The molecule has 3 atom stereocenters. The Balaban J connectivity index is 2.64. The van der Waals surface area contributed by atoms with Gasteiger partial charge in [0, 0.05) is 11.7 Å². The van der Waals surface area contributed by atoms with Crippen molar-refractivity contribution in [3.05, 3.63) is 53.6 Å². The zero-order chi connectivity index (χ0) is 32.3. The van der Waals surface area contributed by atoms with Gasteiger partial charge in [-0.25, -0.2) is 4.79 Å². The quantitative estimate of drug-likeness (QED) is 0.217. The lowest BCUT2D eigenvalue weighted by Gasteiger charge is -2.39. The van der Waals surface area contributed by atoms with Crippen molar-refractivity contribution in [2.24, 2.45) is 5.92 Å². The topological polar surface area (TPSA) is 117 Å². The lowest BCUT2D eigenvalue weighted by atomic mass is 9.95. The summed E-state index contributed by atoms with van der Waals surface area (Å²) in [5.74, 6) is 0.939. The fourth-order valence-electron chi connectivity index (χ4n) is 4.61. The molecular formula is C33H49N3O6S. The van der Waals surface area contributed by atoms with Crippen LogP contribution in [0, 0.1) is 12.8 Å². The molecule has 0 bridgehead atoms. The summed E-state index contributed by atoms with van der Waals surface area (Å²) < 4.78 is 10.7. The molecule has 2 aromatic carbocycles. The number of aryl methyl sites for hydroxylation is 1. The van der Waals surface area contributed by atoms with Crippen LogP contribution in [0.15, 0.2) is 42.5 Å². The summed E-state index contributed by atoms with van der Waals surface area (Å²) in [5.41, 5.74) is 0.922. The van der Waals surface area contributed by atoms with Crippen molar-refractivity contribution in [1.82, 2.24) is 10.2 Å². The van der Waals surface area contributed by atoms with Crippen molar-refractivity contribution in [3.8, 4) is 11.5 Å². The van der Waals surface area contributed by atoms with E-state index in [4.69, 9.17) is 9.47 Å². The van der Waals surface area contributed by atoms with E-state index in [9.17, 15) is 19.5 Å². The van der Waals surface area contributed by atoms with Crippen LogP contribution < -0.4 is 15.4 Å². The van der Waals surface area contributed by atoms with Crippen LogP contribution in [0.3, 0.4) is 0 Å². The van der Waals surface area contributed by atoms with Crippen molar-refractivity contribution in [1.29, 1.82) is 0 Å². The summed E-state index contributed by atoms with van der Waals surface area (Å²) in [6.45, 7) is 13.2. The number of nitrogens with one attached hydrogen (secondary N) is 2. The van der Waals surface area contributed by atoms with Crippen molar-refractivity contribution in [2.45, 2.75) is 91.5 Å². The van der Waals surface area contributed by atoms with E-state index < -0.39 is 29.7 Å². The molecule has 10 heteroatoms. The Hall–Kier alpha value is -3.40. The van der Waals surface area contributed by atoms with E-state index >= 15 is 0 Å². The van der Waals surface area contributed by atoms with Crippen molar-refractivity contribution in [3.63, 3.8) is 0 Å². The molecule has 0 aliphatic carbocycles. The highest BCUT2D eigenvalue weighted by Crippen LogP contribution is 2.31. The maximum atomic E-state index is 14.5. The third-order valence-corrected chi connectivity index (χ3v) is 7.56. The molecule has 43 heavy (non-hydrogen) atoms. The van der Waals surface area contributed by atoms with Gasteiger partial charge in [-0.05, 0) is 119 Å². The fourth-order valence-corrected chi connectivity index (χ4v) is 5.08. The first-order valence-electron chi connectivity index (χ1n) is 14.7. The lowest BCUT2D eigenvalue weighted by Crippen LogP contribution is -2.55. The Kier molecular flexibility index (Phi) is 13.7. The molecule has 9 nitrogen and oxygen atoms in total. The second kappa shape index (κ2) is 16.4. The molecular weight excluding hydrogens is 566 g/mol. The van der Waals surface area contributed by atoms with Crippen LogP contribution in [0.1, 0.15) is 78.0 Å². The Morgan fingerprint density at radius 1 is 1.00 bits per heavy atom. The zero-order valence-electron chi connectivity index (χ0n) is 27.0. The van der Waals surface area contributed by atoms with Gasteiger partial charge in [0.25, 0.3) is 5.91 Å². The monoisotopic (exact) mass is 615 g/mol. The predicted octanol–water partition coefficient (Wildman–Crippen LogP) is 6.69. The Labute approximate surface area is 261 Å². The molecule has 238 valence electrons. The smallest absolute Gasteiger partial charge is 0.408 e. The van der Waals surface area contributed by atoms with Gasteiger partial charge >= 0.3 is 6.09 Å². The highest BCUT2D eigenvalue weighted by Gasteiger charge is 2.39. The van der Waals surface area contributed by atoms with Gasteiger partial charge in [-0.3, -0.25) is 9.59 Å². The number of carbonyl (C=O) groups is 3. The molecule has 0 aliphatic rings. The van der Waals surface area contributed by atoms with Crippen LogP contribution in [0.4, 0.5) is 10.5 Å². The van der Waals surface area contributed by atoms with Crippen LogP contribution in [0.25, 0.3) is 0 Å². The average Bonchev–Trinajstić information content (AvgIpc) is 2.93. The van der Waals surface area contributed by atoms with E-state index in [0.717, 1.165) is 6.42 Å². The Bertz CT molecular complexity index is 1210. The van der Waals surface area contributed by atoms with E-state index in [0.29, 0.717) is 47.1 Å². The third kappa shape index (κ3) is 11.3. The lowest BCUT2D eigenvalue weighted by molar-refractivity contribution is -0.143. The SMILES string of the molecule is COc1ccc(NC(=O)C(c2ccc(O)c(C)c2)N(C(=O)C(CCSC)NC(=O)OC(C)(C)C)C(C)CCC(C)C)cc1. The van der Waals surface area contributed by atoms with Crippen molar-refractivity contribution in [2.75, 3.05) is 24.4 Å². The number of nitrogens with zero attached hydrogens (tertiary/aromatic N) is 1. The van der Waals surface area contributed by atoms with Gasteiger partial charge < -0.3 is 30.1 Å². The second-order valence-corrected chi connectivity index (χ2v) is 13.2. The first-order valence-corrected chi connectivity index (χ1v) is 16.1. The molecule has 0 aromatic heterocycles. The van der Waals surface area contributed by atoms with Crippen LogP contribution in [0.5, 0.6) is 11.5 Å². The minimum Gasteiger partial charge on any atom is -0.508 e. The van der Waals surface area contributed by atoms with E-state index in [-0.39, 0.29) is 17.7 Å². The number of amides is 3. The van der Waals surface area contributed by atoms with Crippen molar-refractivity contribution < 1.29 is 29.0 Å². The molecule has 3 amide bonds. The number of benzene rings is 2. The number of phenols is 1. The zero-order valence-corrected chi connectivity index (χ0v) is 27.8. The van der Waals surface area contributed by atoms with Crippen LogP contribution in [-0.4, -0.2) is 64.7 Å². The molecule has 0 saturated carbocycles. The molecule has 0 fully saturated rings. The number of alkyl carbamates (subject to hydrolysis) is 1. The number of rotatable bonds is 14. The van der Waals surface area contributed by atoms with E-state index in [1.165, 1.54) is 6.07 Å². The van der Waals surface area contributed by atoms with Crippen molar-refractivity contribution >= 4 is 35.4 Å². The average molecular weight is 616 g/mol. The molecule has 0 aliphatic heterocycles. The Morgan fingerprint density at radius 3 is 2.19 bits per heavy atom. The molecule has 0 heterocycles. The van der Waals surface area contributed by atoms with Crippen LogP contribution >= 0.6 is 11.8 Å². The molecule has 3 unspecified atom stereocenters. The number of anilines is 1. The van der Waals surface area contributed by atoms with Gasteiger partial charge in [-0.15, -0.1) is 0 Å². The molecule has 2 aromatic rings. The number of ether oxygens (including phenoxy) is 2. The summed E-state index contributed by atoms with van der Waals surface area (Å²) in [7, 11) is 1.57. The number of hydrogen-bond donors (Lipinski definition) is 3. The third-order valence-electron chi connectivity index (χ3n) is 6.91. The normalized spacial score (nSPS) is 13.5. The molecule has 3 N–H and O–H groups in total. The maximum absolute atomic E-state index is 14.5. The highest BCUT2D eigenvalue weighted by molar-refractivity contribution is 7.98. The maximum Gasteiger partial charge on any atom is 0.408 e. The van der Waals surface area contributed by atoms with Gasteiger partial charge in [0.15, 0.2) is 0 Å². The number of thioether (sulfide) groups is 1. The van der Waals surface area contributed by atoms with Gasteiger partial charge in [0.2, 0.25) is 5.91 Å².